The predicted molar refractivity (Wildman–Crippen MR) is 87.0 cm³/mol. The van der Waals surface area contributed by atoms with Crippen LogP contribution in [0.5, 0.6) is 5.75 Å². The fraction of sp³-hybridized carbons (Fsp3) is 0.533. The molecule has 1 aromatic rings. The number of piperazine rings is 1. The third-order valence-corrected chi connectivity index (χ3v) is 5.43. The van der Waals surface area contributed by atoms with Crippen LogP contribution < -0.4 is 9.84 Å². The van der Waals surface area contributed by atoms with Crippen LogP contribution in [0.2, 0.25) is 0 Å². The van der Waals surface area contributed by atoms with E-state index in [0.29, 0.717) is 12.3 Å². The zero-order chi connectivity index (χ0) is 16.7. The molecule has 2 atom stereocenters. The molecule has 1 aromatic carbocycles. The Bertz CT molecular complexity index is 548. The average molecular weight is 342 g/mol. The maximum absolute atomic E-state index is 13.0. The van der Waals surface area contributed by atoms with Crippen molar-refractivity contribution in [3.05, 3.63) is 30.3 Å². The summed E-state index contributed by atoms with van der Waals surface area (Å²) in [6.07, 6.45) is -1.04. The van der Waals surface area contributed by atoms with Gasteiger partial charge in [-0.1, -0.05) is 18.2 Å². The Labute approximate surface area is 136 Å². The molecule has 0 saturated carbocycles. The summed E-state index contributed by atoms with van der Waals surface area (Å²) in [5.41, 5.74) is 0. The Morgan fingerprint density at radius 1 is 1.35 bits per heavy atom. The van der Waals surface area contributed by atoms with Gasteiger partial charge < -0.3 is 19.8 Å². The molecule has 128 valence electrons. The number of aliphatic carboxylic acids is 1. The lowest BCUT2D eigenvalue weighted by molar-refractivity contribution is -0.144. The zero-order valence-corrected chi connectivity index (χ0v) is 14.1. The van der Waals surface area contributed by atoms with Gasteiger partial charge in [0.2, 0.25) is 0 Å². The van der Waals surface area contributed by atoms with Crippen LogP contribution in [0.3, 0.4) is 0 Å². The summed E-state index contributed by atoms with van der Waals surface area (Å²) >= 11 is 0. The average Bonchev–Trinajstić information content (AvgIpc) is 2.55. The normalized spacial score (nSPS) is 19.7. The van der Waals surface area contributed by atoms with Gasteiger partial charge >= 0.3 is 13.6 Å². The maximum Gasteiger partial charge on any atom is 0.381 e. The van der Waals surface area contributed by atoms with E-state index in [0.717, 1.165) is 26.2 Å². The van der Waals surface area contributed by atoms with Gasteiger partial charge in [0.25, 0.3) is 0 Å². The number of hydrogen-bond donors (Lipinski definition) is 2. The van der Waals surface area contributed by atoms with Gasteiger partial charge in [-0.15, -0.1) is 0 Å². The molecule has 1 heterocycles. The van der Waals surface area contributed by atoms with E-state index in [9.17, 15) is 9.36 Å². The van der Waals surface area contributed by atoms with E-state index in [2.05, 4.69) is 10.2 Å². The standard InChI is InChI=1S/C15H23N2O5P/c1-13(15(18)19)21-23(20,22-14-5-3-2-4-6-14)12-11-17-9-7-16-8-10-17/h2-6,13,16H,7-12H2,1H3,(H,18,19)/t13-,23?/m0/s1. The number of carbonyl (C=O) groups is 1. The first-order chi connectivity index (χ1) is 11.0. The second-order valence-corrected chi connectivity index (χ2v) is 7.48. The molecule has 8 heteroatoms. The minimum absolute atomic E-state index is 0.152. The summed E-state index contributed by atoms with van der Waals surface area (Å²) in [4.78, 5) is 13.2. The van der Waals surface area contributed by atoms with Gasteiger partial charge in [-0.2, -0.15) is 0 Å². The lowest BCUT2D eigenvalue weighted by Crippen LogP contribution is -2.44. The van der Waals surface area contributed by atoms with Crippen LogP contribution in [0, 0.1) is 0 Å². The summed E-state index contributed by atoms with van der Waals surface area (Å²) in [5, 5.41) is 12.3. The van der Waals surface area contributed by atoms with Crippen LogP contribution in [0.4, 0.5) is 0 Å². The van der Waals surface area contributed by atoms with Crippen molar-refractivity contribution in [2.75, 3.05) is 38.9 Å². The first-order valence-electron chi connectivity index (χ1n) is 7.66. The van der Waals surface area contributed by atoms with Gasteiger partial charge in [0, 0.05) is 32.7 Å². The zero-order valence-electron chi connectivity index (χ0n) is 13.2. The Kier molecular flexibility index (Phi) is 6.59. The van der Waals surface area contributed by atoms with E-state index >= 15 is 0 Å². The van der Waals surface area contributed by atoms with Gasteiger partial charge in [0.15, 0.2) is 6.10 Å². The largest absolute Gasteiger partial charge is 0.479 e. The van der Waals surface area contributed by atoms with E-state index in [1.54, 1.807) is 24.3 Å². The van der Waals surface area contributed by atoms with Gasteiger partial charge in [-0.05, 0) is 19.1 Å². The van der Waals surface area contributed by atoms with E-state index < -0.39 is 19.7 Å². The van der Waals surface area contributed by atoms with Crippen molar-refractivity contribution in [1.82, 2.24) is 10.2 Å². The van der Waals surface area contributed by atoms with Gasteiger partial charge in [-0.3, -0.25) is 4.52 Å². The molecule has 1 saturated heterocycles. The molecule has 2 N–H and O–H groups in total. The summed E-state index contributed by atoms with van der Waals surface area (Å²) in [7, 11) is -3.56. The Hall–Kier alpha value is -1.40. The lowest BCUT2D eigenvalue weighted by atomic mass is 10.3. The summed E-state index contributed by atoms with van der Waals surface area (Å²) in [6, 6.07) is 8.69. The van der Waals surface area contributed by atoms with Crippen molar-refractivity contribution in [3.8, 4) is 5.75 Å². The number of benzene rings is 1. The molecule has 23 heavy (non-hydrogen) atoms. The van der Waals surface area contributed by atoms with E-state index in [1.165, 1.54) is 6.92 Å². The van der Waals surface area contributed by atoms with Crippen LogP contribution in [0.25, 0.3) is 0 Å². The third kappa shape index (κ3) is 5.95. The maximum atomic E-state index is 13.0. The molecular weight excluding hydrogens is 319 g/mol. The quantitative estimate of drug-likeness (QED) is 0.695. The van der Waals surface area contributed by atoms with Gasteiger partial charge in [0.05, 0.1) is 6.16 Å². The summed E-state index contributed by atoms with van der Waals surface area (Å²) in [5.74, 6) is -0.752. The Balaban J connectivity index is 2.03. The number of nitrogens with one attached hydrogen (secondary N) is 1. The predicted octanol–water partition coefficient (Wildman–Crippen LogP) is 1.65. The van der Waals surface area contributed by atoms with Crippen molar-refractivity contribution in [1.29, 1.82) is 0 Å². The number of hydrogen-bond acceptors (Lipinski definition) is 6. The van der Waals surface area contributed by atoms with Crippen LogP contribution >= 0.6 is 7.60 Å². The van der Waals surface area contributed by atoms with Crippen LogP contribution in [0.1, 0.15) is 6.92 Å². The second kappa shape index (κ2) is 8.45. The summed E-state index contributed by atoms with van der Waals surface area (Å²) < 4.78 is 23.8. The van der Waals surface area contributed by atoms with E-state index in [1.807, 2.05) is 6.07 Å². The first-order valence-corrected chi connectivity index (χ1v) is 9.39. The van der Waals surface area contributed by atoms with Crippen molar-refractivity contribution >= 4 is 13.6 Å². The number of para-hydroxylation sites is 1. The van der Waals surface area contributed by atoms with Crippen molar-refractivity contribution < 1.29 is 23.5 Å². The molecule has 7 nitrogen and oxygen atoms in total. The fourth-order valence-electron chi connectivity index (χ4n) is 2.25. The highest BCUT2D eigenvalue weighted by Gasteiger charge is 2.32. The Morgan fingerprint density at radius 3 is 2.61 bits per heavy atom. The molecule has 0 bridgehead atoms. The minimum Gasteiger partial charge on any atom is -0.479 e. The number of carboxylic acid groups (broad SMARTS) is 1. The molecular formula is C15H23N2O5P. The van der Waals surface area contributed by atoms with Crippen molar-refractivity contribution in [3.63, 3.8) is 0 Å². The molecule has 0 radical (unpaired) electrons. The number of rotatable bonds is 8. The molecule has 1 fully saturated rings. The van der Waals surface area contributed by atoms with Crippen LogP contribution in [0.15, 0.2) is 30.3 Å². The SMILES string of the molecule is C[C@H](OP(=O)(CCN1CCNCC1)Oc1ccccc1)C(=O)O. The van der Waals surface area contributed by atoms with Gasteiger partial charge in [0.1, 0.15) is 5.75 Å². The molecule has 0 spiro atoms. The monoisotopic (exact) mass is 342 g/mol. The highest BCUT2D eigenvalue weighted by atomic mass is 31.2. The van der Waals surface area contributed by atoms with E-state index in [4.69, 9.17) is 14.2 Å². The molecule has 1 unspecified atom stereocenters. The van der Waals surface area contributed by atoms with Crippen molar-refractivity contribution in [2.24, 2.45) is 0 Å². The number of nitrogens with zero attached hydrogens (tertiary/aromatic N) is 1. The second-order valence-electron chi connectivity index (χ2n) is 5.42. The highest BCUT2D eigenvalue weighted by Crippen LogP contribution is 2.49. The highest BCUT2D eigenvalue weighted by molar-refractivity contribution is 7.54. The smallest absolute Gasteiger partial charge is 0.381 e. The first kappa shape index (κ1) is 17.9. The van der Waals surface area contributed by atoms with Crippen LogP contribution in [-0.2, 0) is 13.9 Å². The minimum atomic E-state index is -3.56. The van der Waals surface area contributed by atoms with Crippen LogP contribution in [-0.4, -0.2) is 61.0 Å². The molecule has 1 aliphatic heterocycles. The van der Waals surface area contributed by atoms with E-state index in [-0.39, 0.29) is 6.16 Å². The lowest BCUT2D eigenvalue weighted by Gasteiger charge is -2.29. The Morgan fingerprint density at radius 2 is 2.00 bits per heavy atom. The fourth-order valence-corrected chi connectivity index (χ4v) is 4.03. The molecule has 1 aliphatic rings. The van der Waals surface area contributed by atoms with Crippen molar-refractivity contribution in [2.45, 2.75) is 13.0 Å². The summed E-state index contributed by atoms with van der Waals surface area (Å²) in [6.45, 7) is 5.39. The number of carboxylic acids is 1. The molecule has 0 aliphatic carbocycles. The topological polar surface area (TPSA) is 88.1 Å². The molecule has 0 amide bonds. The third-order valence-electron chi connectivity index (χ3n) is 3.55. The molecule has 2 rings (SSSR count). The van der Waals surface area contributed by atoms with Gasteiger partial charge in [-0.25, -0.2) is 9.36 Å². The molecule has 0 aromatic heterocycles.